The molecule has 2 aliphatic rings. The molecule has 6 nitrogen and oxygen atoms in total. The van der Waals surface area contributed by atoms with Gasteiger partial charge in [-0.2, -0.15) is 13.2 Å². The number of benzene rings is 2. The normalized spacial score (nSPS) is 18.6. The van der Waals surface area contributed by atoms with Crippen LogP contribution in [0.25, 0.3) is 0 Å². The van der Waals surface area contributed by atoms with E-state index in [4.69, 9.17) is 9.84 Å². The van der Waals surface area contributed by atoms with Crippen LogP contribution in [0, 0.1) is 11.6 Å². The minimum absolute atomic E-state index is 0.133. The Kier molecular flexibility index (Phi) is 8.41. The smallest absolute Gasteiger partial charge is 0.416 e. The van der Waals surface area contributed by atoms with Gasteiger partial charge in [0, 0.05) is 39.3 Å². The summed E-state index contributed by atoms with van der Waals surface area (Å²) in [5.74, 6) is -2.44. The number of sulfonamides is 1. The number of ether oxygens (including phenoxy) is 1. The Balaban J connectivity index is 1.29. The average Bonchev–Trinajstić information content (AvgIpc) is 2.83. The highest BCUT2D eigenvalue weighted by molar-refractivity contribution is 7.89. The van der Waals surface area contributed by atoms with E-state index in [2.05, 4.69) is 0 Å². The molecule has 0 unspecified atom stereocenters. The van der Waals surface area contributed by atoms with E-state index in [0.717, 1.165) is 12.1 Å². The highest BCUT2D eigenvalue weighted by Gasteiger charge is 2.33. The van der Waals surface area contributed by atoms with E-state index in [1.807, 2.05) is 4.90 Å². The van der Waals surface area contributed by atoms with Gasteiger partial charge in [0.2, 0.25) is 10.0 Å². The van der Waals surface area contributed by atoms with Crippen molar-refractivity contribution in [1.82, 2.24) is 9.21 Å². The number of halogens is 5. The fraction of sp³-hybridized carbons (Fsp3) is 0.520. The average molecular weight is 549 g/mol. The maximum atomic E-state index is 14.8. The molecular formula is C25H29F5N2O4S. The van der Waals surface area contributed by atoms with Crippen molar-refractivity contribution >= 4 is 10.0 Å². The molecule has 0 aliphatic carbocycles. The van der Waals surface area contributed by atoms with E-state index in [1.54, 1.807) is 0 Å². The minimum atomic E-state index is -4.39. The predicted molar refractivity (Wildman–Crippen MR) is 127 cm³/mol. The molecule has 0 spiro atoms. The quantitative estimate of drug-likeness (QED) is 0.478. The summed E-state index contributed by atoms with van der Waals surface area (Å²) in [7, 11) is -3.46. The van der Waals surface area contributed by atoms with Crippen LogP contribution >= 0.6 is 0 Å². The van der Waals surface area contributed by atoms with Gasteiger partial charge in [-0.1, -0.05) is 12.1 Å². The summed E-state index contributed by atoms with van der Waals surface area (Å²) in [5, 5.41) is 8.87. The van der Waals surface area contributed by atoms with Crippen LogP contribution in [-0.4, -0.2) is 67.4 Å². The minimum Gasteiger partial charge on any atom is -0.482 e. The van der Waals surface area contributed by atoms with Crippen LogP contribution < -0.4 is 4.74 Å². The zero-order valence-electron chi connectivity index (χ0n) is 20.1. The molecule has 1 N–H and O–H groups in total. The van der Waals surface area contributed by atoms with Crippen LogP contribution in [0.15, 0.2) is 36.4 Å². The van der Waals surface area contributed by atoms with E-state index < -0.39 is 45.3 Å². The number of hydrogen-bond donors (Lipinski definition) is 1. The van der Waals surface area contributed by atoms with Crippen LogP contribution in [0.3, 0.4) is 0 Å². The lowest BCUT2D eigenvalue weighted by Gasteiger charge is -2.39. The predicted octanol–water partition coefficient (Wildman–Crippen LogP) is 4.14. The number of alkyl halides is 3. The Morgan fingerprint density at radius 1 is 1.00 bits per heavy atom. The lowest BCUT2D eigenvalue weighted by molar-refractivity contribution is -0.137. The molecule has 0 bridgehead atoms. The molecule has 0 atom stereocenters. The van der Waals surface area contributed by atoms with Crippen LogP contribution in [0.2, 0.25) is 0 Å². The summed E-state index contributed by atoms with van der Waals surface area (Å²) in [6, 6.07) is 7.33. The molecular weight excluding hydrogens is 519 g/mol. The van der Waals surface area contributed by atoms with Gasteiger partial charge in [-0.25, -0.2) is 21.5 Å². The van der Waals surface area contributed by atoms with Gasteiger partial charge < -0.3 is 9.84 Å². The second-order valence-electron chi connectivity index (χ2n) is 9.51. The van der Waals surface area contributed by atoms with Gasteiger partial charge in [-0.3, -0.25) is 4.90 Å². The largest absolute Gasteiger partial charge is 0.482 e. The number of piperidine rings is 1. The number of hydrogen-bond acceptors (Lipinski definition) is 5. The Morgan fingerprint density at radius 2 is 1.59 bits per heavy atom. The summed E-state index contributed by atoms with van der Waals surface area (Å²) >= 11 is 0. The van der Waals surface area contributed by atoms with Crippen LogP contribution in [0.4, 0.5) is 22.0 Å². The fourth-order valence-corrected chi connectivity index (χ4v) is 6.24. The molecule has 2 aliphatic heterocycles. The van der Waals surface area contributed by atoms with Gasteiger partial charge in [0.25, 0.3) is 0 Å². The summed E-state index contributed by atoms with van der Waals surface area (Å²) in [4.78, 5) is 1.90. The first-order valence-electron chi connectivity index (χ1n) is 12.1. The van der Waals surface area contributed by atoms with Gasteiger partial charge in [-0.15, -0.1) is 0 Å². The SMILES string of the molecule is O=S(=O)(CCCO)N1CCC(c2cc(F)c(OC3CN(Cc4ccc(C(F)(F)F)cc4)C3)c(F)c2)CC1. The Labute approximate surface area is 212 Å². The summed E-state index contributed by atoms with van der Waals surface area (Å²) in [6.07, 6.45) is -3.82. The van der Waals surface area contributed by atoms with Crippen molar-refractivity contribution in [3.05, 3.63) is 64.7 Å². The first-order valence-corrected chi connectivity index (χ1v) is 13.7. The number of nitrogens with zero attached hydrogens (tertiary/aromatic N) is 2. The maximum absolute atomic E-state index is 14.8. The molecule has 37 heavy (non-hydrogen) atoms. The zero-order valence-corrected chi connectivity index (χ0v) is 20.9. The number of rotatable bonds is 9. The van der Waals surface area contributed by atoms with E-state index in [-0.39, 0.29) is 37.8 Å². The second kappa shape index (κ2) is 11.2. The summed E-state index contributed by atoms with van der Waals surface area (Å²) in [6.45, 7) is 1.44. The Bertz CT molecular complexity index is 1150. The van der Waals surface area contributed by atoms with Crippen molar-refractivity contribution in [1.29, 1.82) is 0 Å². The Morgan fingerprint density at radius 3 is 2.14 bits per heavy atom. The molecule has 2 heterocycles. The molecule has 204 valence electrons. The molecule has 0 saturated carbocycles. The lowest BCUT2D eigenvalue weighted by Crippen LogP contribution is -2.53. The van der Waals surface area contributed by atoms with Crippen LogP contribution in [0.5, 0.6) is 5.75 Å². The first kappa shape index (κ1) is 27.7. The van der Waals surface area contributed by atoms with Crippen LogP contribution in [-0.2, 0) is 22.7 Å². The molecule has 4 rings (SSSR count). The monoisotopic (exact) mass is 548 g/mol. The fourth-order valence-electron chi connectivity index (χ4n) is 4.72. The highest BCUT2D eigenvalue weighted by atomic mass is 32.2. The van der Waals surface area contributed by atoms with E-state index in [0.29, 0.717) is 43.6 Å². The van der Waals surface area contributed by atoms with E-state index in [1.165, 1.54) is 28.6 Å². The molecule has 2 fully saturated rings. The third-order valence-corrected chi connectivity index (χ3v) is 8.75. The highest BCUT2D eigenvalue weighted by Crippen LogP contribution is 2.34. The Hall–Kier alpha value is -2.28. The zero-order chi connectivity index (χ0) is 26.8. The van der Waals surface area contributed by atoms with Crippen molar-refractivity contribution in [3.8, 4) is 5.75 Å². The molecule has 12 heteroatoms. The second-order valence-corrected chi connectivity index (χ2v) is 11.6. The van der Waals surface area contributed by atoms with Gasteiger partial charge in [0.15, 0.2) is 17.4 Å². The number of likely N-dealkylation sites (tertiary alicyclic amines) is 1. The molecule has 2 aromatic rings. The van der Waals surface area contributed by atoms with Gasteiger partial charge in [0.05, 0.1) is 11.3 Å². The third kappa shape index (κ3) is 6.78. The van der Waals surface area contributed by atoms with Gasteiger partial charge in [-0.05, 0) is 60.6 Å². The first-order chi connectivity index (χ1) is 17.5. The number of aliphatic hydroxyl groups excluding tert-OH is 1. The number of aliphatic hydroxyl groups is 1. The standard InChI is InChI=1S/C25H29F5N2O4S/c26-22-12-19(18-6-8-32(9-7-18)37(34,35)11-1-10-33)13-23(27)24(22)36-21-15-31(16-21)14-17-2-4-20(5-3-17)25(28,29)30/h2-5,12-13,18,21,33H,1,6-11,14-16H2. The van der Waals surface area contributed by atoms with Crippen molar-refractivity contribution in [3.63, 3.8) is 0 Å². The lowest BCUT2D eigenvalue weighted by atomic mass is 9.90. The van der Waals surface area contributed by atoms with E-state index in [9.17, 15) is 30.4 Å². The van der Waals surface area contributed by atoms with Crippen LogP contribution in [0.1, 0.15) is 41.9 Å². The molecule has 2 aromatic carbocycles. The summed E-state index contributed by atoms with van der Waals surface area (Å²) < 4.78 is 99.1. The van der Waals surface area contributed by atoms with Crippen molar-refractivity contribution in [2.45, 2.75) is 44.0 Å². The maximum Gasteiger partial charge on any atom is 0.416 e. The van der Waals surface area contributed by atoms with Gasteiger partial charge in [0.1, 0.15) is 6.10 Å². The molecule has 0 aromatic heterocycles. The summed E-state index contributed by atoms with van der Waals surface area (Å²) in [5.41, 5.74) is 0.428. The molecule has 0 amide bonds. The van der Waals surface area contributed by atoms with Crippen molar-refractivity contribution < 1.29 is 40.2 Å². The topological polar surface area (TPSA) is 70.1 Å². The van der Waals surface area contributed by atoms with Gasteiger partial charge >= 0.3 is 6.18 Å². The molecule has 2 saturated heterocycles. The van der Waals surface area contributed by atoms with E-state index >= 15 is 0 Å². The molecule has 0 radical (unpaired) electrons. The van der Waals surface area contributed by atoms with Crippen molar-refractivity contribution in [2.24, 2.45) is 0 Å². The third-order valence-electron chi connectivity index (χ3n) is 6.80. The van der Waals surface area contributed by atoms with Crippen molar-refractivity contribution in [2.75, 3.05) is 38.5 Å².